The number of hydrogen-bond donors (Lipinski definition) is 2. The molecular weight excluding hydrogens is 467 g/mol. The molecule has 0 bridgehead atoms. The Labute approximate surface area is 183 Å². The molecule has 0 saturated heterocycles. The van der Waals surface area contributed by atoms with Gasteiger partial charge in [0.05, 0.1) is 35.1 Å². The summed E-state index contributed by atoms with van der Waals surface area (Å²) in [5, 5.41) is 0. The van der Waals surface area contributed by atoms with Gasteiger partial charge in [0.15, 0.2) is 0 Å². The van der Waals surface area contributed by atoms with Gasteiger partial charge in [-0.25, -0.2) is 16.8 Å². The normalized spacial score (nSPS) is 12.4. The number of nitrogens with one attached hydrogen (secondary N) is 2. The molecule has 170 valence electrons. The van der Waals surface area contributed by atoms with Gasteiger partial charge >= 0.3 is 6.18 Å². The van der Waals surface area contributed by atoms with Crippen LogP contribution in [0, 0.1) is 0 Å². The molecule has 0 aliphatic heterocycles. The van der Waals surface area contributed by atoms with Gasteiger partial charge in [0.1, 0.15) is 0 Å². The van der Waals surface area contributed by atoms with Crippen molar-refractivity contribution in [2.75, 3.05) is 22.0 Å². The summed E-state index contributed by atoms with van der Waals surface area (Å²) in [7, 11) is -7.44. The highest BCUT2D eigenvalue weighted by atomic mass is 32.2. The van der Waals surface area contributed by atoms with E-state index in [1.807, 2.05) is 0 Å². The van der Waals surface area contributed by atoms with E-state index in [2.05, 4.69) is 14.4 Å². The highest BCUT2D eigenvalue weighted by molar-refractivity contribution is 7.92. The van der Waals surface area contributed by atoms with Crippen LogP contribution in [0.3, 0.4) is 0 Å². The molecular formula is C20H18F3N3O4S2. The van der Waals surface area contributed by atoms with E-state index in [9.17, 15) is 30.0 Å². The Balaban J connectivity index is 2.34. The first-order chi connectivity index (χ1) is 14.7. The minimum Gasteiger partial charge on any atom is -0.283 e. The monoisotopic (exact) mass is 485 g/mol. The van der Waals surface area contributed by atoms with E-state index in [0.29, 0.717) is 6.20 Å². The molecule has 1 aromatic heterocycles. The van der Waals surface area contributed by atoms with Crippen LogP contribution < -0.4 is 9.44 Å². The first kappa shape index (κ1) is 23.5. The van der Waals surface area contributed by atoms with Crippen molar-refractivity contribution in [2.45, 2.75) is 6.18 Å². The van der Waals surface area contributed by atoms with Gasteiger partial charge in [0.25, 0.3) is 0 Å². The Morgan fingerprint density at radius 2 is 1.22 bits per heavy atom. The molecule has 0 fully saturated rings. The number of pyridine rings is 1. The standard InChI is InChI=1S/C20H18F3N3O4S2/c1-31(27,28)25-17-9-5-3-7-14(17)16-11-13(20(21,22)23)12-24-19(16)15-8-4-6-10-18(15)26-32(2,29)30/h3-12,25-26H,1-2H3. The Hall–Kier alpha value is -3.12. The Morgan fingerprint density at radius 3 is 1.72 bits per heavy atom. The van der Waals surface area contributed by atoms with Crippen molar-refractivity contribution in [1.29, 1.82) is 0 Å². The van der Waals surface area contributed by atoms with Gasteiger partial charge in [-0.2, -0.15) is 13.2 Å². The summed E-state index contributed by atoms with van der Waals surface area (Å²) in [6.07, 6.45) is -2.21. The van der Waals surface area contributed by atoms with Gasteiger partial charge in [-0.05, 0) is 18.2 Å². The van der Waals surface area contributed by atoms with Crippen molar-refractivity contribution in [2.24, 2.45) is 0 Å². The zero-order valence-electron chi connectivity index (χ0n) is 16.8. The lowest BCUT2D eigenvalue weighted by molar-refractivity contribution is -0.137. The van der Waals surface area contributed by atoms with Crippen LogP contribution in [0.1, 0.15) is 5.56 Å². The van der Waals surface area contributed by atoms with Gasteiger partial charge in [-0.3, -0.25) is 14.4 Å². The maximum absolute atomic E-state index is 13.4. The zero-order chi connectivity index (χ0) is 23.7. The third-order valence-corrected chi connectivity index (χ3v) is 5.39. The van der Waals surface area contributed by atoms with Crippen LogP contribution in [0.25, 0.3) is 22.4 Å². The molecule has 3 aromatic rings. The van der Waals surface area contributed by atoms with E-state index < -0.39 is 31.8 Å². The molecule has 7 nitrogen and oxygen atoms in total. The number of aromatic nitrogens is 1. The minimum atomic E-state index is -4.70. The van der Waals surface area contributed by atoms with Crippen molar-refractivity contribution in [3.05, 3.63) is 66.4 Å². The topological polar surface area (TPSA) is 105 Å². The van der Waals surface area contributed by atoms with E-state index >= 15 is 0 Å². The molecule has 3 rings (SSSR count). The molecule has 0 spiro atoms. The number of benzene rings is 2. The molecule has 12 heteroatoms. The highest BCUT2D eigenvalue weighted by Gasteiger charge is 2.32. The fourth-order valence-electron chi connectivity index (χ4n) is 3.02. The van der Waals surface area contributed by atoms with Crippen LogP contribution in [0.4, 0.5) is 24.5 Å². The molecule has 2 aromatic carbocycles. The highest BCUT2D eigenvalue weighted by Crippen LogP contribution is 2.41. The molecule has 0 atom stereocenters. The van der Waals surface area contributed by atoms with Crippen LogP contribution in [0.2, 0.25) is 0 Å². The average molecular weight is 486 g/mol. The van der Waals surface area contributed by atoms with E-state index in [1.165, 1.54) is 36.4 Å². The fraction of sp³-hybridized carbons (Fsp3) is 0.150. The maximum Gasteiger partial charge on any atom is 0.417 e. The average Bonchev–Trinajstić information content (AvgIpc) is 2.65. The minimum absolute atomic E-state index is 0.0330. The van der Waals surface area contributed by atoms with Crippen LogP contribution in [0.5, 0.6) is 0 Å². The van der Waals surface area contributed by atoms with Gasteiger partial charge in [0, 0.05) is 22.9 Å². The van der Waals surface area contributed by atoms with Crippen molar-refractivity contribution < 1.29 is 30.0 Å². The maximum atomic E-state index is 13.4. The first-order valence-corrected chi connectivity index (χ1v) is 12.7. The number of rotatable bonds is 6. The number of hydrogen-bond acceptors (Lipinski definition) is 5. The lowest BCUT2D eigenvalue weighted by Gasteiger charge is -2.18. The van der Waals surface area contributed by atoms with Gasteiger partial charge in [-0.15, -0.1) is 0 Å². The quantitative estimate of drug-likeness (QED) is 0.545. The van der Waals surface area contributed by atoms with E-state index in [0.717, 1.165) is 18.6 Å². The molecule has 0 aliphatic carbocycles. The van der Waals surface area contributed by atoms with E-state index in [4.69, 9.17) is 0 Å². The molecule has 0 saturated carbocycles. The second-order valence-electron chi connectivity index (χ2n) is 6.96. The molecule has 0 unspecified atom stereocenters. The van der Waals surface area contributed by atoms with Gasteiger partial charge in [-0.1, -0.05) is 36.4 Å². The summed E-state index contributed by atoms with van der Waals surface area (Å²) in [5.74, 6) is 0. The summed E-state index contributed by atoms with van der Waals surface area (Å²) < 4.78 is 92.1. The van der Waals surface area contributed by atoms with Crippen molar-refractivity contribution in [1.82, 2.24) is 4.98 Å². The third-order valence-electron chi connectivity index (χ3n) is 4.21. The van der Waals surface area contributed by atoms with Crippen molar-refractivity contribution >= 4 is 31.4 Å². The third kappa shape index (κ3) is 5.77. The Bertz CT molecular complexity index is 1370. The lowest BCUT2D eigenvalue weighted by atomic mass is 9.96. The molecule has 0 aliphatic rings. The molecule has 0 amide bonds. The van der Waals surface area contributed by atoms with Crippen molar-refractivity contribution in [3.63, 3.8) is 0 Å². The predicted molar refractivity (Wildman–Crippen MR) is 117 cm³/mol. The predicted octanol–water partition coefficient (Wildman–Crippen LogP) is 4.18. The second kappa shape index (κ2) is 8.43. The summed E-state index contributed by atoms with van der Waals surface area (Å²) in [6.45, 7) is 0. The number of halogens is 3. The lowest BCUT2D eigenvalue weighted by Crippen LogP contribution is -2.12. The molecule has 32 heavy (non-hydrogen) atoms. The van der Waals surface area contributed by atoms with Crippen molar-refractivity contribution in [3.8, 4) is 22.4 Å². The fourth-order valence-corrected chi connectivity index (χ4v) is 4.18. The summed E-state index contributed by atoms with van der Waals surface area (Å²) in [6, 6.07) is 12.8. The number of nitrogens with zero attached hydrogens (tertiary/aromatic N) is 1. The van der Waals surface area contributed by atoms with Crippen LogP contribution in [0.15, 0.2) is 60.8 Å². The number of sulfonamides is 2. The van der Waals surface area contributed by atoms with Crippen LogP contribution in [-0.2, 0) is 26.2 Å². The number of alkyl halides is 3. The number of para-hydroxylation sites is 2. The largest absolute Gasteiger partial charge is 0.417 e. The SMILES string of the molecule is CS(=O)(=O)Nc1ccccc1-c1cc(C(F)(F)F)cnc1-c1ccccc1NS(C)(=O)=O. The van der Waals surface area contributed by atoms with E-state index in [1.54, 1.807) is 12.1 Å². The Morgan fingerprint density at radius 1 is 0.750 bits per heavy atom. The van der Waals surface area contributed by atoms with Gasteiger partial charge < -0.3 is 0 Å². The van der Waals surface area contributed by atoms with Gasteiger partial charge in [0.2, 0.25) is 20.0 Å². The van der Waals surface area contributed by atoms with Crippen LogP contribution in [-0.4, -0.2) is 34.3 Å². The summed E-state index contributed by atoms with van der Waals surface area (Å²) in [5.41, 5.74) is -0.528. The zero-order valence-corrected chi connectivity index (χ0v) is 18.4. The van der Waals surface area contributed by atoms with Crippen LogP contribution >= 0.6 is 0 Å². The molecule has 0 radical (unpaired) electrons. The first-order valence-electron chi connectivity index (χ1n) is 8.96. The van der Waals surface area contributed by atoms with E-state index in [-0.39, 0.29) is 33.8 Å². The second-order valence-corrected chi connectivity index (χ2v) is 10.5. The molecule has 2 N–H and O–H groups in total. The summed E-state index contributed by atoms with van der Waals surface area (Å²) in [4.78, 5) is 3.99. The smallest absolute Gasteiger partial charge is 0.283 e. The number of anilines is 2. The molecule has 1 heterocycles. The summed E-state index contributed by atoms with van der Waals surface area (Å²) >= 11 is 0. The Kier molecular flexibility index (Phi) is 6.20.